The van der Waals surface area contributed by atoms with E-state index in [2.05, 4.69) is 4.98 Å². The summed E-state index contributed by atoms with van der Waals surface area (Å²) in [6.45, 7) is 2.06. The highest BCUT2D eigenvalue weighted by Crippen LogP contribution is 2.30. The minimum atomic E-state index is -4.58. The van der Waals surface area contributed by atoms with Crippen LogP contribution in [0.15, 0.2) is 18.3 Å². The number of pyridine rings is 1. The maximum atomic E-state index is 12.8. The molecule has 0 aliphatic carbocycles. The van der Waals surface area contributed by atoms with Crippen LogP contribution in [0.2, 0.25) is 0 Å². The Morgan fingerprint density at radius 1 is 1.12 bits per heavy atom. The number of aromatic nitrogens is 1. The summed E-state index contributed by atoms with van der Waals surface area (Å²) in [7, 11) is 0. The van der Waals surface area contributed by atoms with E-state index in [1.165, 1.54) is 15.9 Å². The number of carbonyl (C=O) groups excluding carboxylic acids is 2. The van der Waals surface area contributed by atoms with Crippen molar-refractivity contribution in [2.75, 3.05) is 50.8 Å². The lowest BCUT2D eigenvalue weighted by Crippen LogP contribution is -2.57. The van der Waals surface area contributed by atoms with Crippen LogP contribution < -0.4 is 4.90 Å². The Bertz CT molecular complexity index is 662. The van der Waals surface area contributed by atoms with Gasteiger partial charge in [0.15, 0.2) is 0 Å². The van der Waals surface area contributed by atoms with Crippen LogP contribution in [0.4, 0.5) is 23.7 Å². The number of rotatable bonds is 1. The molecule has 0 spiro atoms. The Labute approximate surface area is 142 Å². The zero-order chi connectivity index (χ0) is 18.0. The quantitative estimate of drug-likeness (QED) is 0.757. The number of hydrogen-bond donors (Lipinski definition) is 0. The molecule has 0 saturated carbocycles. The molecule has 0 bridgehead atoms. The van der Waals surface area contributed by atoms with E-state index in [9.17, 15) is 22.8 Å². The number of amides is 3. The number of alkyl halides is 3. The van der Waals surface area contributed by atoms with Crippen LogP contribution in [0, 0.1) is 0 Å². The van der Waals surface area contributed by atoms with Crippen LogP contribution in [0.5, 0.6) is 0 Å². The molecule has 0 unspecified atom stereocenters. The van der Waals surface area contributed by atoms with E-state index in [0.717, 1.165) is 12.3 Å². The molecular formula is C15H17F3N4O3. The lowest BCUT2D eigenvalue weighted by atomic mass is 10.2. The van der Waals surface area contributed by atoms with Gasteiger partial charge in [0.25, 0.3) is 0 Å². The number of hydrogen-bond acceptors (Lipinski definition) is 4. The van der Waals surface area contributed by atoms with E-state index in [0.29, 0.717) is 26.3 Å². The third-order valence-electron chi connectivity index (χ3n) is 4.12. The molecule has 2 aliphatic heterocycles. The smallest absolute Gasteiger partial charge is 0.378 e. The first-order valence-electron chi connectivity index (χ1n) is 7.81. The molecule has 2 aliphatic rings. The summed E-state index contributed by atoms with van der Waals surface area (Å²) >= 11 is 0. The Morgan fingerprint density at radius 3 is 2.48 bits per heavy atom. The second kappa shape index (κ2) is 6.87. The van der Waals surface area contributed by atoms with Gasteiger partial charge in [-0.3, -0.25) is 9.78 Å². The van der Waals surface area contributed by atoms with E-state index in [1.54, 1.807) is 4.90 Å². The Morgan fingerprint density at radius 2 is 1.84 bits per heavy atom. The number of anilines is 1. The van der Waals surface area contributed by atoms with Gasteiger partial charge in [0, 0.05) is 38.1 Å². The van der Waals surface area contributed by atoms with Crippen LogP contribution in [0.3, 0.4) is 0 Å². The molecule has 136 valence electrons. The normalized spacial score (nSPS) is 19.3. The zero-order valence-corrected chi connectivity index (χ0v) is 13.3. The number of piperazine rings is 1. The summed E-state index contributed by atoms with van der Waals surface area (Å²) in [4.78, 5) is 32.3. The Kier molecular flexibility index (Phi) is 4.80. The summed E-state index contributed by atoms with van der Waals surface area (Å²) in [6, 6.07) is 1.95. The second-order valence-electron chi connectivity index (χ2n) is 5.75. The van der Waals surface area contributed by atoms with Crippen LogP contribution >= 0.6 is 0 Å². The molecule has 0 radical (unpaired) electrons. The van der Waals surface area contributed by atoms with Gasteiger partial charge in [-0.25, -0.2) is 4.79 Å². The van der Waals surface area contributed by atoms with Crippen LogP contribution in [-0.4, -0.2) is 72.7 Å². The molecule has 25 heavy (non-hydrogen) atoms. The van der Waals surface area contributed by atoms with Crippen molar-refractivity contribution in [3.05, 3.63) is 24.0 Å². The molecule has 3 heterocycles. The number of ether oxygens (including phenoxy) is 1. The topological polar surface area (TPSA) is 66.0 Å². The van der Waals surface area contributed by atoms with Crippen molar-refractivity contribution >= 4 is 17.6 Å². The van der Waals surface area contributed by atoms with Gasteiger partial charge >= 0.3 is 12.2 Å². The van der Waals surface area contributed by atoms with Gasteiger partial charge < -0.3 is 19.4 Å². The fourth-order valence-corrected chi connectivity index (χ4v) is 2.81. The average molecular weight is 358 g/mol. The van der Waals surface area contributed by atoms with Crippen molar-refractivity contribution in [1.82, 2.24) is 14.8 Å². The molecule has 0 atom stereocenters. The minimum Gasteiger partial charge on any atom is -0.378 e. The lowest BCUT2D eigenvalue weighted by molar-refractivity contribution is -0.141. The fourth-order valence-electron chi connectivity index (χ4n) is 2.81. The van der Waals surface area contributed by atoms with Gasteiger partial charge in [-0.2, -0.15) is 13.2 Å². The van der Waals surface area contributed by atoms with Crippen molar-refractivity contribution in [3.63, 3.8) is 0 Å². The van der Waals surface area contributed by atoms with Crippen LogP contribution in [-0.2, 0) is 15.7 Å². The molecule has 2 saturated heterocycles. The second-order valence-corrected chi connectivity index (χ2v) is 5.75. The summed E-state index contributed by atoms with van der Waals surface area (Å²) in [6.07, 6.45) is -3.55. The van der Waals surface area contributed by atoms with Crippen molar-refractivity contribution in [3.8, 4) is 0 Å². The van der Waals surface area contributed by atoms with Gasteiger partial charge in [0.05, 0.1) is 13.2 Å². The van der Waals surface area contributed by atoms with E-state index >= 15 is 0 Å². The third-order valence-corrected chi connectivity index (χ3v) is 4.12. The van der Waals surface area contributed by atoms with E-state index in [-0.39, 0.29) is 31.4 Å². The largest absolute Gasteiger partial charge is 0.433 e. The number of carbonyl (C=O) groups is 2. The highest BCUT2D eigenvalue weighted by molar-refractivity contribution is 5.97. The van der Waals surface area contributed by atoms with Crippen LogP contribution in [0.25, 0.3) is 0 Å². The lowest BCUT2D eigenvalue weighted by Gasteiger charge is -2.38. The first kappa shape index (κ1) is 17.5. The highest BCUT2D eigenvalue weighted by Gasteiger charge is 2.35. The molecule has 3 amide bonds. The third kappa shape index (κ3) is 3.84. The van der Waals surface area contributed by atoms with Gasteiger partial charge in [-0.15, -0.1) is 0 Å². The Hall–Kier alpha value is -2.36. The summed E-state index contributed by atoms with van der Waals surface area (Å²) in [5.74, 6) is -0.424. The van der Waals surface area contributed by atoms with Gasteiger partial charge in [0.1, 0.15) is 12.2 Å². The number of urea groups is 1. The number of halogens is 3. The van der Waals surface area contributed by atoms with Crippen molar-refractivity contribution < 1.29 is 27.5 Å². The predicted octanol–water partition coefficient (Wildman–Crippen LogP) is 1.20. The predicted molar refractivity (Wildman–Crippen MR) is 81.0 cm³/mol. The first-order chi connectivity index (χ1) is 11.9. The Balaban J connectivity index is 1.68. The zero-order valence-electron chi connectivity index (χ0n) is 13.3. The molecule has 0 N–H and O–H groups in total. The minimum absolute atomic E-state index is 0.130. The standard InChI is InChI=1S/C15H17F3N4O3/c16-15(17,18)12-9-11(1-2-19-12)22-4-3-21(10-13(22)23)14(24)20-5-7-25-8-6-20/h1-2,9H,3-8,10H2. The molecule has 3 rings (SSSR count). The molecule has 10 heteroatoms. The van der Waals surface area contributed by atoms with E-state index < -0.39 is 17.8 Å². The molecule has 1 aromatic heterocycles. The van der Waals surface area contributed by atoms with Crippen molar-refractivity contribution in [2.45, 2.75) is 6.18 Å². The SMILES string of the molecule is O=C(N1CCOCC1)N1CCN(c2ccnc(C(F)(F)F)c2)C(=O)C1. The van der Waals surface area contributed by atoms with Gasteiger partial charge in [0.2, 0.25) is 5.91 Å². The van der Waals surface area contributed by atoms with Gasteiger partial charge in [-0.05, 0) is 12.1 Å². The summed E-state index contributed by atoms with van der Waals surface area (Å²) in [5.41, 5.74) is -0.921. The molecule has 7 nitrogen and oxygen atoms in total. The average Bonchev–Trinajstić information content (AvgIpc) is 2.61. The number of morpholine rings is 1. The maximum Gasteiger partial charge on any atom is 0.433 e. The molecule has 2 fully saturated rings. The maximum absolute atomic E-state index is 12.8. The molecular weight excluding hydrogens is 341 g/mol. The van der Waals surface area contributed by atoms with E-state index in [1.807, 2.05) is 0 Å². The first-order valence-corrected chi connectivity index (χ1v) is 7.81. The summed E-state index contributed by atoms with van der Waals surface area (Å²) in [5, 5.41) is 0. The molecule has 0 aromatic carbocycles. The van der Waals surface area contributed by atoms with Crippen molar-refractivity contribution in [2.24, 2.45) is 0 Å². The fraction of sp³-hybridized carbons (Fsp3) is 0.533. The van der Waals surface area contributed by atoms with Crippen LogP contribution in [0.1, 0.15) is 5.69 Å². The van der Waals surface area contributed by atoms with E-state index in [4.69, 9.17) is 4.74 Å². The van der Waals surface area contributed by atoms with Crippen molar-refractivity contribution in [1.29, 1.82) is 0 Å². The van der Waals surface area contributed by atoms with Gasteiger partial charge in [-0.1, -0.05) is 0 Å². The monoisotopic (exact) mass is 358 g/mol. The number of nitrogens with zero attached hydrogens (tertiary/aromatic N) is 4. The summed E-state index contributed by atoms with van der Waals surface area (Å²) < 4.78 is 43.5. The molecule has 1 aromatic rings. The highest BCUT2D eigenvalue weighted by atomic mass is 19.4.